The van der Waals surface area contributed by atoms with Gasteiger partial charge in [0.25, 0.3) is 0 Å². The summed E-state index contributed by atoms with van der Waals surface area (Å²) in [6, 6.07) is 7.01. The quantitative estimate of drug-likeness (QED) is 0.374. The first-order valence-corrected chi connectivity index (χ1v) is 12.0. The van der Waals surface area contributed by atoms with Crippen molar-refractivity contribution in [3.63, 3.8) is 0 Å². The van der Waals surface area contributed by atoms with Crippen molar-refractivity contribution in [1.29, 1.82) is 0 Å². The molecular formula is C21H36N4O3S. The Kier molecular flexibility index (Phi) is 9.39. The standard InChI is InChI=1S/C21H36N4O3S/c1-16(2)6-4-7-17(3)25-21(22)23-14-18-9-11-20(12-10-18)29(26,27)24-15-19-8-5-13-28-19/h9-12,16-17,19,24H,4-8,13-15H2,1-3H3,(H3,22,23,25). The lowest BCUT2D eigenvalue weighted by atomic mass is 10.0. The van der Waals surface area contributed by atoms with E-state index in [1.165, 1.54) is 6.42 Å². The zero-order valence-corrected chi connectivity index (χ0v) is 18.7. The molecule has 1 heterocycles. The highest BCUT2D eigenvalue weighted by Gasteiger charge is 2.20. The molecule has 4 N–H and O–H groups in total. The number of rotatable bonds is 11. The van der Waals surface area contributed by atoms with Gasteiger partial charge in [0.1, 0.15) is 0 Å². The van der Waals surface area contributed by atoms with E-state index >= 15 is 0 Å². The van der Waals surface area contributed by atoms with E-state index in [9.17, 15) is 8.42 Å². The van der Waals surface area contributed by atoms with Crippen molar-refractivity contribution in [3.05, 3.63) is 29.8 Å². The lowest BCUT2D eigenvalue weighted by Gasteiger charge is -2.15. The molecule has 8 heteroatoms. The van der Waals surface area contributed by atoms with E-state index in [-0.39, 0.29) is 17.0 Å². The lowest BCUT2D eigenvalue weighted by Crippen LogP contribution is -2.38. The van der Waals surface area contributed by atoms with Gasteiger partial charge in [0.05, 0.1) is 17.5 Å². The molecule has 0 aromatic heterocycles. The van der Waals surface area contributed by atoms with Crippen LogP contribution in [0.3, 0.4) is 0 Å². The molecule has 1 aliphatic heterocycles. The summed E-state index contributed by atoms with van der Waals surface area (Å²) in [7, 11) is -3.53. The Bertz CT molecular complexity index is 742. The number of aliphatic imine (C=N–C) groups is 1. The third-order valence-electron chi connectivity index (χ3n) is 5.00. The smallest absolute Gasteiger partial charge is 0.240 e. The van der Waals surface area contributed by atoms with Crippen LogP contribution in [-0.4, -0.2) is 39.7 Å². The van der Waals surface area contributed by atoms with E-state index < -0.39 is 10.0 Å². The molecule has 164 valence electrons. The molecule has 1 saturated heterocycles. The molecule has 1 aromatic rings. The maximum atomic E-state index is 12.4. The second-order valence-electron chi connectivity index (χ2n) is 8.20. The van der Waals surface area contributed by atoms with E-state index in [1.807, 2.05) is 0 Å². The Labute approximate surface area is 175 Å². The van der Waals surface area contributed by atoms with Gasteiger partial charge < -0.3 is 15.8 Å². The average Bonchev–Trinajstić information content (AvgIpc) is 3.18. The highest BCUT2D eigenvalue weighted by atomic mass is 32.2. The summed E-state index contributed by atoms with van der Waals surface area (Å²) in [5.74, 6) is 1.13. The van der Waals surface area contributed by atoms with Crippen molar-refractivity contribution in [3.8, 4) is 0 Å². The van der Waals surface area contributed by atoms with Crippen molar-refractivity contribution in [1.82, 2.24) is 10.0 Å². The maximum absolute atomic E-state index is 12.4. The van der Waals surface area contributed by atoms with Crippen LogP contribution >= 0.6 is 0 Å². The Morgan fingerprint density at radius 2 is 1.97 bits per heavy atom. The number of nitrogens with zero attached hydrogens (tertiary/aromatic N) is 1. The second-order valence-corrected chi connectivity index (χ2v) is 9.97. The fourth-order valence-corrected chi connectivity index (χ4v) is 4.31. The highest BCUT2D eigenvalue weighted by Crippen LogP contribution is 2.14. The van der Waals surface area contributed by atoms with Gasteiger partial charge in [-0.3, -0.25) is 0 Å². The minimum Gasteiger partial charge on any atom is -0.377 e. The van der Waals surface area contributed by atoms with Gasteiger partial charge in [-0.1, -0.05) is 38.8 Å². The monoisotopic (exact) mass is 424 g/mol. The van der Waals surface area contributed by atoms with Crippen LogP contribution in [0.1, 0.15) is 58.4 Å². The van der Waals surface area contributed by atoms with Gasteiger partial charge in [0.2, 0.25) is 10.0 Å². The fourth-order valence-electron chi connectivity index (χ4n) is 3.24. The van der Waals surface area contributed by atoms with Crippen LogP contribution in [0, 0.1) is 5.92 Å². The molecule has 0 bridgehead atoms. The van der Waals surface area contributed by atoms with E-state index in [2.05, 4.69) is 35.8 Å². The summed E-state index contributed by atoms with van der Waals surface area (Å²) in [6.07, 6.45) is 5.28. The summed E-state index contributed by atoms with van der Waals surface area (Å²) in [5, 5.41) is 3.21. The number of benzene rings is 1. The first-order chi connectivity index (χ1) is 13.8. The molecule has 0 radical (unpaired) electrons. The van der Waals surface area contributed by atoms with E-state index in [0.29, 0.717) is 31.6 Å². The van der Waals surface area contributed by atoms with Gasteiger partial charge >= 0.3 is 0 Å². The minimum absolute atomic E-state index is 0.0263. The molecule has 2 unspecified atom stereocenters. The van der Waals surface area contributed by atoms with Gasteiger partial charge in [-0.15, -0.1) is 0 Å². The largest absolute Gasteiger partial charge is 0.377 e. The van der Waals surface area contributed by atoms with Crippen LogP contribution in [0.25, 0.3) is 0 Å². The predicted molar refractivity (Wildman–Crippen MR) is 117 cm³/mol. The molecule has 1 fully saturated rings. The number of nitrogens with two attached hydrogens (primary N) is 1. The lowest BCUT2D eigenvalue weighted by molar-refractivity contribution is 0.114. The molecule has 0 saturated carbocycles. The predicted octanol–water partition coefficient (Wildman–Crippen LogP) is 2.76. The van der Waals surface area contributed by atoms with Crippen molar-refractivity contribution in [2.45, 2.75) is 76.5 Å². The first kappa shape index (κ1) is 23.6. The van der Waals surface area contributed by atoms with Crippen molar-refractivity contribution < 1.29 is 13.2 Å². The molecular weight excluding hydrogens is 388 g/mol. The zero-order valence-electron chi connectivity index (χ0n) is 17.9. The number of nitrogens with one attached hydrogen (secondary N) is 2. The zero-order chi connectivity index (χ0) is 21.3. The van der Waals surface area contributed by atoms with Crippen LogP contribution < -0.4 is 15.8 Å². The van der Waals surface area contributed by atoms with Gasteiger partial charge in [0.15, 0.2) is 5.96 Å². The molecule has 1 aromatic carbocycles. The van der Waals surface area contributed by atoms with E-state index in [0.717, 1.165) is 31.2 Å². The van der Waals surface area contributed by atoms with Crippen LogP contribution in [0.5, 0.6) is 0 Å². The number of sulfonamides is 1. The Hall–Kier alpha value is -1.64. The molecule has 29 heavy (non-hydrogen) atoms. The summed E-state index contributed by atoms with van der Waals surface area (Å²) >= 11 is 0. The molecule has 1 aliphatic rings. The molecule has 0 spiro atoms. The van der Waals surface area contributed by atoms with Gasteiger partial charge in [-0.25, -0.2) is 18.1 Å². The summed E-state index contributed by atoms with van der Waals surface area (Å²) < 4.78 is 32.9. The van der Waals surface area contributed by atoms with Crippen LogP contribution in [0.15, 0.2) is 34.2 Å². The molecule has 0 amide bonds. The normalized spacial score (nSPS) is 18.9. The van der Waals surface area contributed by atoms with Gasteiger partial charge in [-0.2, -0.15) is 0 Å². The average molecular weight is 425 g/mol. The van der Waals surface area contributed by atoms with Gasteiger partial charge in [0, 0.05) is 19.2 Å². The number of hydrogen-bond donors (Lipinski definition) is 3. The molecule has 0 aliphatic carbocycles. The second kappa shape index (κ2) is 11.5. The van der Waals surface area contributed by atoms with Gasteiger partial charge in [-0.05, 0) is 49.8 Å². The topological polar surface area (TPSA) is 106 Å². The Balaban J connectivity index is 1.80. The highest BCUT2D eigenvalue weighted by molar-refractivity contribution is 7.89. The third-order valence-corrected chi connectivity index (χ3v) is 6.44. The summed E-state index contributed by atoms with van der Waals surface area (Å²) in [6.45, 7) is 7.98. The SMILES string of the molecule is CC(C)CCCC(C)NC(N)=NCc1ccc(S(=O)(=O)NCC2CCCO2)cc1. The number of ether oxygens (including phenoxy) is 1. The van der Waals surface area contributed by atoms with Crippen LogP contribution in [0.4, 0.5) is 0 Å². The maximum Gasteiger partial charge on any atom is 0.240 e. The van der Waals surface area contributed by atoms with E-state index in [4.69, 9.17) is 10.5 Å². The summed E-state index contributed by atoms with van der Waals surface area (Å²) in [5.41, 5.74) is 6.88. The van der Waals surface area contributed by atoms with E-state index in [1.54, 1.807) is 24.3 Å². The Morgan fingerprint density at radius 1 is 1.24 bits per heavy atom. The summed E-state index contributed by atoms with van der Waals surface area (Å²) in [4.78, 5) is 4.60. The Morgan fingerprint density at radius 3 is 2.59 bits per heavy atom. The first-order valence-electron chi connectivity index (χ1n) is 10.5. The number of hydrogen-bond acceptors (Lipinski definition) is 4. The third kappa shape index (κ3) is 8.72. The molecule has 2 rings (SSSR count). The number of guanidine groups is 1. The van der Waals surface area contributed by atoms with Crippen molar-refractivity contribution >= 4 is 16.0 Å². The molecule has 2 atom stereocenters. The minimum atomic E-state index is -3.53. The van der Waals surface area contributed by atoms with Crippen molar-refractivity contribution in [2.24, 2.45) is 16.6 Å². The van der Waals surface area contributed by atoms with Crippen molar-refractivity contribution in [2.75, 3.05) is 13.2 Å². The molecule has 7 nitrogen and oxygen atoms in total. The van der Waals surface area contributed by atoms with Crippen LogP contribution in [0.2, 0.25) is 0 Å². The van der Waals surface area contributed by atoms with Crippen LogP contribution in [-0.2, 0) is 21.3 Å². The fraction of sp³-hybridized carbons (Fsp3) is 0.667.